The van der Waals surface area contributed by atoms with E-state index in [0.717, 1.165) is 24.7 Å². The Morgan fingerprint density at radius 1 is 1.38 bits per heavy atom. The van der Waals surface area contributed by atoms with Crippen LogP contribution in [0.15, 0.2) is 12.2 Å². The molecule has 76 valence electrons. The normalized spacial score (nSPS) is 28.8. The van der Waals surface area contributed by atoms with Gasteiger partial charge >= 0.3 is 0 Å². The first-order valence-corrected chi connectivity index (χ1v) is 6.23. The number of rotatable bonds is 5. The molecule has 0 radical (unpaired) electrons. The molecule has 0 aromatic heterocycles. The Hall–Kier alpha value is 0.0500. The lowest BCUT2D eigenvalue weighted by Gasteiger charge is -2.05. The second-order valence-corrected chi connectivity index (χ2v) is 4.89. The fourth-order valence-electron chi connectivity index (χ4n) is 1.48. The third kappa shape index (κ3) is 4.19. The zero-order valence-electron chi connectivity index (χ0n) is 8.66. The van der Waals surface area contributed by atoms with Crippen LogP contribution in [0.25, 0.3) is 0 Å². The zero-order chi connectivity index (χ0) is 9.52. The van der Waals surface area contributed by atoms with E-state index in [1.165, 1.54) is 12.8 Å². The highest BCUT2D eigenvalue weighted by Crippen LogP contribution is 2.32. The summed E-state index contributed by atoms with van der Waals surface area (Å²) in [6.45, 7) is 5.37. The van der Waals surface area contributed by atoms with Crippen LogP contribution in [-0.2, 0) is 4.74 Å². The molecule has 1 fully saturated rings. The summed E-state index contributed by atoms with van der Waals surface area (Å²) in [7, 11) is 0. The van der Waals surface area contributed by atoms with Gasteiger partial charge in [0.1, 0.15) is 5.44 Å². The molecule has 0 aromatic rings. The highest BCUT2D eigenvalue weighted by molar-refractivity contribution is 8.00. The van der Waals surface area contributed by atoms with Gasteiger partial charge in [0, 0.05) is 11.7 Å². The van der Waals surface area contributed by atoms with Gasteiger partial charge < -0.3 is 4.74 Å². The van der Waals surface area contributed by atoms with Gasteiger partial charge in [0.2, 0.25) is 0 Å². The van der Waals surface area contributed by atoms with Crippen LogP contribution in [0.4, 0.5) is 0 Å². The van der Waals surface area contributed by atoms with E-state index in [2.05, 4.69) is 26.0 Å². The molecule has 1 aliphatic heterocycles. The summed E-state index contributed by atoms with van der Waals surface area (Å²) in [5.41, 5.74) is 0.430. The van der Waals surface area contributed by atoms with Gasteiger partial charge in [0.15, 0.2) is 0 Å². The molecular formula is C11H20OS. The number of ether oxygens (including phenoxy) is 1. The van der Waals surface area contributed by atoms with Gasteiger partial charge in [-0.3, -0.25) is 0 Å². The fourth-order valence-corrected chi connectivity index (χ4v) is 2.82. The summed E-state index contributed by atoms with van der Waals surface area (Å²) in [4.78, 5) is 0. The number of allylic oxidation sites excluding steroid dienone is 1. The summed E-state index contributed by atoms with van der Waals surface area (Å²) in [6, 6.07) is 0. The molecule has 1 heterocycles. The predicted molar refractivity (Wildman–Crippen MR) is 60.1 cm³/mol. The third-order valence-corrected chi connectivity index (χ3v) is 3.54. The molecule has 1 saturated heterocycles. The molecule has 0 N–H and O–H groups in total. The van der Waals surface area contributed by atoms with Crippen LogP contribution < -0.4 is 0 Å². The molecule has 0 aromatic carbocycles. The van der Waals surface area contributed by atoms with Crippen molar-refractivity contribution in [2.75, 3.05) is 6.61 Å². The first-order valence-electron chi connectivity index (χ1n) is 5.28. The predicted octanol–water partition coefficient (Wildman–Crippen LogP) is 3.60. The van der Waals surface area contributed by atoms with Gasteiger partial charge in [-0.15, -0.1) is 11.8 Å². The van der Waals surface area contributed by atoms with E-state index in [-0.39, 0.29) is 0 Å². The Bertz CT molecular complexity index is 156. The molecule has 2 heteroatoms. The van der Waals surface area contributed by atoms with Crippen LogP contribution >= 0.6 is 11.8 Å². The van der Waals surface area contributed by atoms with Crippen molar-refractivity contribution in [3.63, 3.8) is 0 Å². The van der Waals surface area contributed by atoms with Gasteiger partial charge in [-0.1, -0.05) is 32.4 Å². The molecule has 0 amide bonds. The lowest BCUT2D eigenvalue weighted by molar-refractivity contribution is 0.134. The van der Waals surface area contributed by atoms with E-state index in [1.54, 1.807) is 0 Å². The molecular weight excluding hydrogens is 180 g/mol. The Labute approximate surface area is 85.9 Å². The summed E-state index contributed by atoms with van der Waals surface area (Å²) < 4.78 is 5.68. The number of hydrogen-bond donors (Lipinski definition) is 0. The zero-order valence-corrected chi connectivity index (χ0v) is 9.48. The molecule has 13 heavy (non-hydrogen) atoms. The first kappa shape index (κ1) is 11.1. The van der Waals surface area contributed by atoms with E-state index in [9.17, 15) is 0 Å². The van der Waals surface area contributed by atoms with Crippen LogP contribution in [0, 0.1) is 0 Å². The Balaban J connectivity index is 2.13. The first-order chi connectivity index (χ1) is 6.36. The van der Waals surface area contributed by atoms with Crippen molar-refractivity contribution in [2.45, 2.75) is 50.2 Å². The van der Waals surface area contributed by atoms with Gasteiger partial charge in [-0.2, -0.15) is 0 Å². The maximum Gasteiger partial charge on any atom is 0.107 e. The highest BCUT2D eigenvalue weighted by atomic mass is 32.2. The monoisotopic (exact) mass is 200 g/mol. The molecule has 0 bridgehead atoms. The topological polar surface area (TPSA) is 9.23 Å². The highest BCUT2D eigenvalue weighted by Gasteiger charge is 2.23. The van der Waals surface area contributed by atoms with Crippen molar-refractivity contribution in [1.29, 1.82) is 0 Å². The van der Waals surface area contributed by atoms with Gasteiger partial charge in [0.05, 0.1) is 6.61 Å². The summed E-state index contributed by atoms with van der Waals surface area (Å²) in [6.07, 6.45) is 9.26. The smallest absolute Gasteiger partial charge is 0.107 e. The van der Waals surface area contributed by atoms with Crippen molar-refractivity contribution in [2.24, 2.45) is 0 Å². The average Bonchev–Trinajstić information content (AvgIpc) is 2.54. The SMILES string of the molecule is CCC=CCC1OCC(CCC)S1. The molecule has 0 aliphatic carbocycles. The Kier molecular flexibility index (Phi) is 5.56. The van der Waals surface area contributed by atoms with E-state index in [0.29, 0.717) is 5.44 Å². The molecule has 2 atom stereocenters. The van der Waals surface area contributed by atoms with Crippen LogP contribution in [0.1, 0.15) is 39.5 Å². The molecule has 1 aliphatic rings. The molecule has 0 saturated carbocycles. The molecule has 1 rings (SSSR count). The summed E-state index contributed by atoms with van der Waals surface area (Å²) in [5.74, 6) is 0. The molecule has 2 unspecified atom stereocenters. The van der Waals surface area contributed by atoms with Crippen LogP contribution in [0.2, 0.25) is 0 Å². The van der Waals surface area contributed by atoms with Crippen molar-refractivity contribution in [3.05, 3.63) is 12.2 Å². The van der Waals surface area contributed by atoms with E-state index in [1.807, 2.05) is 11.8 Å². The quantitative estimate of drug-likeness (QED) is 0.627. The van der Waals surface area contributed by atoms with E-state index in [4.69, 9.17) is 4.74 Å². The van der Waals surface area contributed by atoms with Crippen molar-refractivity contribution in [3.8, 4) is 0 Å². The van der Waals surface area contributed by atoms with Crippen LogP contribution in [-0.4, -0.2) is 17.3 Å². The van der Waals surface area contributed by atoms with Gasteiger partial charge in [-0.25, -0.2) is 0 Å². The van der Waals surface area contributed by atoms with Gasteiger partial charge in [0.25, 0.3) is 0 Å². The maximum atomic E-state index is 5.68. The second kappa shape index (κ2) is 6.50. The van der Waals surface area contributed by atoms with Crippen molar-refractivity contribution < 1.29 is 4.74 Å². The minimum Gasteiger partial charge on any atom is -0.366 e. The maximum absolute atomic E-state index is 5.68. The summed E-state index contributed by atoms with van der Waals surface area (Å²) >= 11 is 2.01. The van der Waals surface area contributed by atoms with E-state index < -0.39 is 0 Å². The molecule has 1 nitrogen and oxygen atoms in total. The van der Waals surface area contributed by atoms with Crippen molar-refractivity contribution >= 4 is 11.8 Å². The largest absolute Gasteiger partial charge is 0.366 e. The van der Waals surface area contributed by atoms with Crippen LogP contribution in [0.3, 0.4) is 0 Å². The third-order valence-electron chi connectivity index (χ3n) is 2.15. The number of thioether (sulfide) groups is 1. The lowest BCUT2D eigenvalue weighted by atomic mass is 10.2. The minimum absolute atomic E-state index is 0.430. The van der Waals surface area contributed by atoms with E-state index >= 15 is 0 Å². The van der Waals surface area contributed by atoms with Crippen molar-refractivity contribution in [1.82, 2.24) is 0 Å². The molecule has 0 spiro atoms. The van der Waals surface area contributed by atoms with Crippen LogP contribution in [0.5, 0.6) is 0 Å². The number of hydrogen-bond acceptors (Lipinski definition) is 2. The lowest BCUT2D eigenvalue weighted by Crippen LogP contribution is -2.01. The fraction of sp³-hybridized carbons (Fsp3) is 0.818. The Morgan fingerprint density at radius 2 is 2.23 bits per heavy atom. The Morgan fingerprint density at radius 3 is 2.92 bits per heavy atom. The average molecular weight is 200 g/mol. The van der Waals surface area contributed by atoms with Gasteiger partial charge in [-0.05, 0) is 12.8 Å². The minimum atomic E-state index is 0.430. The standard InChI is InChI=1S/C11H20OS/c1-3-5-6-8-11-12-9-10(13-11)7-4-2/h5-6,10-11H,3-4,7-9H2,1-2H3. The summed E-state index contributed by atoms with van der Waals surface area (Å²) in [5, 5.41) is 0.755. The second-order valence-electron chi connectivity index (χ2n) is 3.43.